The van der Waals surface area contributed by atoms with Crippen molar-refractivity contribution < 1.29 is 4.79 Å². The van der Waals surface area contributed by atoms with Gasteiger partial charge in [0, 0.05) is 0 Å². The van der Waals surface area contributed by atoms with Crippen LogP contribution in [0.25, 0.3) is 5.57 Å². The summed E-state index contributed by atoms with van der Waals surface area (Å²) in [6, 6.07) is 9.97. The van der Waals surface area contributed by atoms with Crippen LogP contribution in [0.2, 0.25) is 0 Å². The van der Waals surface area contributed by atoms with Gasteiger partial charge in [-0.2, -0.15) is 0 Å². The Bertz CT molecular complexity index is 303. The molecule has 1 aromatic carbocycles. The Hall–Kier alpha value is -1.41. The van der Waals surface area contributed by atoms with E-state index in [0.717, 1.165) is 30.4 Å². The Morgan fingerprint density at radius 3 is 2.64 bits per heavy atom. The van der Waals surface area contributed by atoms with E-state index in [1.165, 1.54) is 0 Å². The van der Waals surface area contributed by atoms with Gasteiger partial charge in [0.1, 0.15) is 6.29 Å². The number of carbonyl (C=O) groups is 1. The van der Waals surface area contributed by atoms with Gasteiger partial charge in [0.2, 0.25) is 0 Å². The summed E-state index contributed by atoms with van der Waals surface area (Å²) in [6.45, 7) is 0.883. The standard InChI is InChI=1S/C12H15NO/c1-13-9-7-12(8-10-14)11-5-3-2-4-6-11/h2-6,8,10,13H,7,9H2,1H3. The molecule has 0 bridgehead atoms. The highest BCUT2D eigenvalue weighted by atomic mass is 16.1. The van der Waals surface area contributed by atoms with Crippen LogP contribution in [0, 0.1) is 0 Å². The van der Waals surface area contributed by atoms with Gasteiger partial charge in [0.05, 0.1) is 0 Å². The Morgan fingerprint density at radius 2 is 2.07 bits per heavy atom. The predicted molar refractivity (Wildman–Crippen MR) is 59.0 cm³/mol. The molecule has 0 aromatic heterocycles. The second-order valence-electron chi connectivity index (χ2n) is 3.05. The van der Waals surface area contributed by atoms with Crippen molar-refractivity contribution in [3.05, 3.63) is 42.0 Å². The molecule has 14 heavy (non-hydrogen) atoms. The second kappa shape index (κ2) is 6.11. The molecule has 2 nitrogen and oxygen atoms in total. The van der Waals surface area contributed by atoms with Crippen LogP contribution in [0.1, 0.15) is 12.0 Å². The summed E-state index contributed by atoms with van der Waals surface area (Å²) in [5.74, 6) is 0. The van der Waals surface area contributed by atoms with E-state index in [1.54, 1.807) is 6.08 Å². The van der Waals surface area contributed by atoms with E-state index >= 15 is 0 Å². The smallest absolute Gasteiger partial charge is 0.143 e. The van der Waals surface area contributed by atoms with Crippen molar-refractivity contribution in [3.63, 3.8) is 0 Å². The lowest BCUT2D eigenvalue weighted by atomic mass is 10.0. The largest absolute Gasteiger partial charge is 0.319 e. The molecule has 1 aromatic rings. The van der Waals surface area contributed by atoms with Gasteiger partial charge in [-0.25, -0.2) is 0 Å². The third kappa shape index (κ3) is 3.15. The molecule has 0 unspecified atom stereocenters. The second-order valence-corrected chi connectivity index (χ2v) is 3.05. The lowest BCUT2D eigenvalue weighted by Crippen LogP contribution is -2.08. The average Bonchev–Trinajstić information content (AvgIpc) is 2.25. The van der Waals surface area contributed by atoms with Gasteiger partial charge in [0.15, 0.2) is 0 Å². The lowest BCUT2D eigenvalue weighted by molar-refractivity contribution is -0.104. The van der Waals surface area contributed by atoms with Gasteiger partial charge < -0.3 is 5.32 Å². The minimum atomic E-state index is 0.845. The zero-order valence-electron chi connectivity index (χ0n) is 8.36. The van der Waals surface area contributed by atoms with E-state index in [4.69, 9.17) is 0 Å². The predicted octanol–water partition coefficient (Wildman–Crippen LogP) is 1.88. The number of nitrogens with one attached hydrogen (secondary N) is 1. The van der Waals surface area contributed by atoms with Gasteiger partial charge in [-0.3, -0.25) is 4.79 Å². The maximum atomic E-state index is 10.5. The number of allylic oxidation sites excluding steroid dienone is 1. The molecule has 0 heterocycles. The van der Waals surface area contributed by atoms with E-state index in [-0.39, 0.29) is 0 Å². The van der Waals surface area contributed by atoms with Crippen molar-refractivity contribution in [1.29, 1.82) is 0 Å². The molecule has 0 aliphatic carbocycles. The fourth-order valence-corrected chi connectivity index (χ4v) is 1.32. The van der Waals surface area contributed by atoms with Crippen LogP contribution in [-0.4, -0.2) is 19.9 Å². The monoisotopic (exact) mass is 189 g/mol. The third-order valence-corrected chi connectivity index (χ3v) is 2.06. The van der Waals surface area contributed by atoms with Crippen molar-refractivity contribution in [2.75, 3.05) is 13.6 Å². The molecule has 0 spiro atoms. The first kappa shape index (κ1) is 10.7. The fraction of sp³-hybridized carbons (Fsp3) is 0.250. The summed E-state index contributed by atoms with van der Waals surface area (Å²) in [6.07, 6.45) is 3.35. The molecular formula is C12H15NO. The molecular weight excluding hydrogens is 174 g/mol. The fourth-order valence-electron chi connectivity index (χ4n) is 1.32. The summed E-state index contributed by atoms with van der Waals surface area (Å²) in [7, 11) is 1.91. The number of benzene rings is 1. The molecule has 0 aliphatic rings. The van der Waals surface area contributed by atoms with Crippen LogP contribution in [-0.2, 0) is 4.79 Å². The van der Waals surface area contributed by atoms with Gasteiger partial charge in [-0.1, -0.05) is 30.3 Å². The highest BCUT2D eigenvalue weighted by molar-refractivity contribution is 5.81. The van der Waals surface area contributed by atoms with Crippen LogP contribution in [0.5, 0.6) is 0 Å². The average molecular weight is 189 g/mol. The van der Waals surface area contributed by atoms with Crippen LogP contribution >= 0.6 is 0 Å². The minimum absolute atomic E-state index is 0.845. The molecule has 0 radical (unpaired) electrons. The highest BCUT2D eigenvalue weighted by Gasteiger charge is 1.99. The summed E-state index contributed by atoms with van der Waals surface area (Å²) in [4.78, 5) is 10.5. The first-order valence-electron chi connectivity index (χ1n) is 4.73. The third-order valence-electron chi connectivity index (χ3n) is 2.06. The molecule has 0 atom stereocenters. The van der Waals surface area contributed by atoms with Gasteiger partial charge in [-0.05, 0) is 37.2 Å². The minimum Gasteiger partial charge on any atom is -0.319 e. The number of carbonyl (C=O) groups excluding carboxylic acids is 1. The molecule has 0 saturated heterocycles. The van der Waals surface area contributed by atoms with Crippen molar-refractivity contribution in [2.45, 2.75) is 6.42 Å². The van der Waals surface area contributed by atoms with Crippen molar-refractivity contribution in [3.8, 4) is 0 Å². The number of hydrogen-bond donors (Lipinski definition) is 1. The highest BCUT2D eigenvalue weighted by Crippen LogP contribution is 2.16. The normalized spacial score (nSPS) is 11.4. The van der Waals surface area contributed by atoms with Crippen molar-refractivity contribution in [1.82, 2.24) is 5.32 Å². The molecule has 0 aliphatic heterocycles. The van der Waals surface area contributed by atoms with Crippen molar-refractivity contribution >= 4 is 11.9 Å². The number of aldehydes is 1. The molecule has 0 saturated carbocycles. The van der Waals surface area contributed by atoms with Gasteiger partial charge in [0.25, 0.3) is 0 Å². The zero-order chi connectivity index (χ0) is 10.2. The Labute approximate surface area is 84.6 Å². The van der Waals surface area contributed by atoms with Crippen LogP contribution in [0.15, 0.2) is 36.4 Å². The molecule has 1 rings (SSSR count). The van der Waals surface area contributed by atoms with Gasteiger partial charge in [-0.15, -0.1) is 0 Å². The van der Waals surface area contributed by atoms with E-state index in [2.05, 4.69) is 5.32 Å². The summed E-state index contributed by atoms with van der Waals surface area (Å²) < 4.78 is 0. The Balaban J connectivity index is 2.78. The molecule has 0 fully saturated rings. The summed E-state index contributed by atoms with van der Waals surface area (Å²) in [5.41, 5.74) is 2.20. The summed E-state index contributed by atoms with van der Waals surface area (Å²) >= 11 is 0. The zero-order valence-corrected chi connectivity index (χ0v) is 8.36. The van der Waals surface area contributed by atoms with Gasteiger partial charge >= 0.3 is 0 Å². The Kier molecular flexibility index (Phi) is 4.65. The Morgan fingerprint density at radius 1 is 1.36 bits per heavy atom. The van der Waals surface area contributed by atoms with Crippen LogP contribution in [0.4, 0.5) is 0 Å². The number of rotatable bonds is 5. The molecule has 1 N–H and O–H groups in total. The quantitative estimate of drug-likeness (QED) is 0.566. The van der Waals surface area contributed by atoms with Crippen molar-refractivity contribution in [2.24, 2.45) is 0 Å². The van der Waals surface area contributed by atoms with E-state index in [0.29, 0.717) is 0 Å². The number of hydrogen-bond acceptors (Lipinski definition) is 2. The van der Waals surface area contributed by atoms with Crippen LogP contribution < -0.4 is 5.32 Å². The molecule has 0 amide bonds. The van der Waals surface area contributed by atoms with E-state index in [9.17, 15) is 4.79 Å². The van der Waals surface area contributed by atoms with E-state index in [1.807, 2.05) is 37.4 Å². The van der Waals surface area contributed by atoms with Crippen LogP contribution in [0.3, 0.4) is 0 Å². The maximum Gasteiger partial charge on any atom is 0.143 e. The topological polar surface area (TPSA) is 29.1 Å². The SMILES string of the molecule is CNCCC(=CC=O)c1ccccc1. The maximum absolute atomic E-state index is 10.5. The molecule has 2 heteroatoms. The van der Waals surface area contributed by atoms with E-state index < -0.39 is 0 Å². The molecule has 74 valence electrons. The lowest BCUT2D eigenvalue weighted by Gasteiger charge is -2.05. The summed E-state index contributed by atoms with van der Waals surface area (Å²) in [5, 5.41) is 3.07. The first-order chi connectivity index (χ1) is 6.88. The first-order valence-corrected chi connectivity index (χ1v) is 4.73.